The highest BCUT2D eigenvalue weighted by Gasteiger charge is 2.23. The molecule has 18 heavy (non-hydrogen) atoms. The van der Waals surface area contributed by atoms with Gasteiger partial charge in [-0.1, -0.05) is 20.8 Å². The summed E-state index contributed by atoms with van der Waals surface area (Å²) in [6.07, 6.45) is 3.42. The quantitative estimate of drug-likeness (QED) is 0.878. The summed E-state index contributed by atoms with van der Waals surface area (Å²) >= 11 is 0. The molecule has 0 saturated heterocycles. The SMILES string of the molecule is CC(NC(=O)c1cnn(C(C)(C)C)c1)C(C)(C)C. The van der Waals surface area contributed by atoms with Crippen molar-refractivity contribution in [3.05, 3.63) is 18.0 Å². The smallest absolute Gasteiger partial charge is 0.254 e. The van der Waals surface area contributed by atoms with E-state index in [0.29, 0.717) is 5.56 Å². The zero-order chi connectivity index (χ0) is 14.1. The van der Waals surface area contributed by atoms with Crippen molar-refractivity contribution in [2.45, 2.75) is 60.0 Å². The molecule has 0 aliphatic rings. The average Bonchev–Trinajstić information content (AvgIpc) is 2.63. The van der Waals surface area contributed by atoms with Crippen LogP contribution in [-0.2, 0) is 5.54 Å². The van der Waals surface area contributed by atoms with Gasteiger partial charge in [0.2, 0.25) is 0 Å². The molecule has 1 unspecified atom stereocenters. The lowest BCUT2D eigenvalue weighted by molar-refractivity contribution is 0.0910. The Bertz CT molecular complexity index is 421. The third kappa shape index (κ3) is 3.59. The fraction of sp³-hybridized carbons (Fsp3) is 0.714. The molecule has 0 fully saturated rings. The highest BCUT2D eigenvalue weighted by Crippen LogP contribution is 2.19. The van der Waals surface area contributed by atoms with Crippen LogP contribution in [0.3, 0.4) is 0 Å². The van der Waals surface area contributed by atoms with Gasteiger partial charge in [-0.05, 0) is 33.1 Å². The van der Waals surface area contributed by atoms with Crippen molar-refractivity contribution in [3.8, 4) is 0 Å². The lowest BCUT2D eigenvalue weighted by Crippen LogP contribution is -2.41. The summed E-state index contributed by atoms with van der Waals surface area (Å²) in [5.41, 5.74) is 0.560. The molecule has 4 heteroatoms. The molecule has 102 valence electrons. The standard InChI is InChI=1S/C14H25N3O/c1-10(13(2,3)4)16-12(18)11-8-15-17(9-11)14(5,6)7/h8-10H,1-7H3,(H,16,18). The van der Waals surface area contributed by atoms with E-state index >= 15 is 0 Å². The van der Waals surface area contributed by atoms with Gasteiger partial charge in [-0.3, -0.25) is 9.48 Å². The summed E-state index contributed by atoms with van der Waals surface area (Å²) in [4.78, 5) is 12.1. The van der Waals surface area contributed by atoms with Crippen molar-refractivity contribution in [3.63, 3.8) is 0 Å². The van der Waals surface area contributed by atoms with Crippen molar-refractivity contribution in [2.75, 3.05) is 0 Å². The van der Waals surface area contributed by atoms with E-state index in [2.05, 4.69) is 52.0 Å². The van der Waals surface area contributed by atoms with E-state index in [1.165, 1.54) is 0 Å². The van der Waals surface area contributed by atoms with Gasteiger partial charge in [-0.15, -0.1) is 0 Å². The van der Waals surface area contributed by atoms with Gasteiger partial charge in [0, 0.05) is 12.2 Å². The minimum atomic E-state index is -0.103. The summed E-state index contributed by atoms with van der Waals surface area (Å²) in [6.45, 7) is 14.5. The van der Waals surface area contributed by atoms with Crippen LogP contribution in [0.4, 0.5) is 0 Å². The third-order valence-corrected chi connectivity index (χ3v) is 3.18. The molecule has 0 aliphatic heterocycles. The Morgan fingerprint density at radius 3 is 2.22 bits per heavy atom. The second-order valence-corrected chi connectivity index (χ2v) is 6.91. The molecule has 1 atom stereocenters. The lowest BCUT2D eigenvalue weighted by atomic mass is 9.88. The van der Waals surface area contributed by atoms with E-state index in [9.17, 15) is 4.79 Å². The number of carbonyl (C=O) groups excluding carboxylic acids is 1. The second-order valence-electron chi connectivity index (χ2n) is 6.91. The van der Waals surface area contributed by atoms with E-state index in [0.717, 1.165) is 0 Å². The number of nitrogens with zero attached hydrogens (tertiary/aromatic N) is 2. The Balaban J connectivity index is 2.77. The molecule has 4 nitrogen and oxygen atoms in total. The summed E-state index contributed by atoms with van der Waals surface area (Å²) in [7, 11) is 0. The van der Waals surface area contributed by atoms with Gasteiger partial charge < -0.3 is 5.32 Å². The fourth-order valence-corrected chi connectivity index (χ4v) is 1.30. The maximum Gasteiger partial charge on any atom is 0.254 e. The number of amides is 1. The highest BCUT2D eigenvalue weighted by atomic mass is 16.1. The van der Waals surface area contributed by atoms with E-state index < -0.39 is 0 Å². The van der Waals surface area contributed by atoms with Crippen LogP contribution in [-0.4, -0.2) is 21.7 Å². The van der Waals surface area contributed by atoms with Crippen LogP contribution in [0.2, 0.25) is 0 Å². The van der Waals surface area contributed by atoms with E-state index in [-0.39, 0.29) is 22.9 Å². The van der Waals surface area contributed by atoms with Gasteiger partial charge in [0.25, 0.3) is 5.91 Å². The number of aromatic nitrogens is 2. The predicted molar refractivity (Wildman–Crippen MR) is 73.6 cm³/mol. The van der Waals surface area contributed by atoms with Crippen LogP contribution in [0.25, 0.3) is 0 Å². The number of hydrogen-bond acceptors (Lipinski definition) is 2. The average molecular weight is 251 g/mol. The highest BCUT2D eigenvalue weighted by molar-refractivity contribution is 5.93. The van der Waals surface area contributed by atoms with Crippen LogP contribution in [0.15, 0.2) is 12.4 Å². The van der Waals surface area contributed by atoms with Gasteiger partial charge in [0.1, 0.15) is 0 Å². The normalized spacial score (nSPS) is 14.4. The molecular weight excluding hydrogens is 226 g/mol. The summed E-state index contributed by atoms with van der Waals surface area (Å²) in [5.74, 6) is -0.0621. The third-order valence-electron chi connectivity index (χ3n) is 3.18. The Labute approximate surface area is 110 Å². The first-order valence-electron chi connectivity index (χ1n) is 6.38. The summed E-state index contributed by atoms with van der Waals surface area (Å²) < 4.78 is 1.81. The molecular formula is C14H25N3O. The largest absolute Gasteiger partial charge is 0.349 e. The molecule has 1 amide bonds. The van der Waals surface area contributed by atoms with Gasteiger partial charge in [0.15, 0.2) is 0 Å². The first-order valence-corrected chi connectivity index (χ1v) is 6.38. The minimum absolute atomic E-state index is 0.0513. The monoisotopic (exact) mass is 251 g/mol. The van der Waals surface area contributed by atoms with E-state index in [1.807, 2.05) is 11.6 Å². The number of rotatable bonds is 2. The van der Waals surface area contributed by atoms with E-state index in [4.69, 9.17) is 0 Å². The number of hydrogen-bond donors (Lipinski definition) is 1. The van der Waals surface area contributed by atoms with Crippen LogP contribution in [0, 0.1) is 5.41 Å². The maximum absolute atomic E-state index is 12.1. The van der Waals surface area contributed by atoms with Gasteiger partial charge in [0.05, 0.1) is 17.3 Å². The van der Waals surface area contributed by atoms with E-state index in [1.54, 1.807) is 12.4 Å². The van der Waals surface area contributed by atoms with Crippen molar-refractivity contribution in [1.82, 2.24) is 15.1 Å². The molecule has 0 aliphatic carbocycles. The fourth-order valence-electron chi connectivity index (χ4n) is 1.30. The molecule has 0 aromatic carbocycles. The molecule has 1 aromatic rings. The molecule has 0 bridgehead atoms. The molecule has 0 radical (unpaired) electrons. The van der Waals surface area contributed by atoms with Gasteiger partial charge in [-0.2, -0.15) is 5.10 Å². The molecule has 0 saturated carbocycles. The van der Waals surface area contributed by atoms with Crippen LogP contribution >= 0.6 is 0 Å². The topological polar surface area (TPSA) is 46.9 Å². The molecule has 1 aromatic heterocycles. The van der Waals surface area contributed by atoms with Gasteiger partial charge >= 0.3 is 0 Å². The van der Waals surface area contributed by atoms with Crippen molar-refractivity contribution in [1.29, 1.82) is 0 Å². The van der Waals surface area contributed by atoms with Crippen molar-refractivity contribution >= 4 is 5.91 Å². The molecule has 1 heterocycles. The predicted octanol–water partition coefficient (Wildman–Crippen LogP) is 2.80. The molecule has 0 spiro atoms. The zero-order valence-corrected chi connectivity index (χ0v) is 12.5. The minimum Gasteiger partial charge on any atom is -0.349 e. The lowest BCUT2D eigenvalue weighted by Gasteiger charge is -2.27. The van der Waals surface area contributed by atoms with Gasteiger partial charge in [-0.25, -0.2) is 0 Å². The Hall–Kier alpha value is -1.32. The number of nitrogens with one attached hydrogen (secondary N) is 1. The number of carbonyl (C=O) groups is 1. The first-order chi connectivity index (χ1) is 8.01. The summed E-state index contributed by atoms with van der Waals surface area (Å²) in [5, 5.41) is 7.24. The van der Waals surface area contributed by atoms with Crippen LogP contribution < -0.4 is 5.32 Å². The Morgan fingerprint density at radius 2 is 1.83 bits per heavy atom. The molecule has 1 N–H and O–H groups in total. The Morgan fingerprint density at radius 1 is 1.28 bits per heavy atom. The van der Waals surface area contributed by atoms with Crippen LogP contribution in [0.1, 0.15) is 58.8 Å². The van der Waals surface area contributed by atoms with Crippen molar-refractivity contribution in [2.24, 2.45) is 5.41 Å². The van der Waals surface area contributed by atoms with Crippen molar-refractivity contribution < 1.29 is 4.79 Å². The molecule has 1 rings (SSSR count). The second kappa shape index (κ2) is 4.75. The van der Waals surface area contributed by atoms with Crippen LogP contribution in [0.5, 0.6) is 0 Å². The first kappa shape index (κ1) is 14.7. The zero-order valence-electron chi connectivity index (χ0n) is 12.5. The summed E-state index contributed by atoms with van der Waals surface area (Å²) in [6, 6.07) is 0.114. The maximum atomic E-state index is 12.1. The Kier molecular flexibility index (Phi) is 3.89.